The van der Waals surface area contributed by atoms with Gasteiger partial charge < -0.3 is 14.6 Å². The highest BCUT2D eigenvalue weighted by Crippen LogP contribution is 2.12. The average Bonchev–Trinajstić information content (AvgIpc) is 2.97. The fraction of sp³-hybridized carbons (Fsp3) is 0.700. The largest absolute Gasteiger partial charge is 0.368 e. The van der Waals surface area contributed by atoms with Gasteiger partial charge in [-0.05, 0) is 19.1 Å². The molecule has 0 aliphatic carbocycles. The maximum absolute atomic E-state index is 11.6. The van der Waals surface area contributed by atoms with Gasteiger partial charge in [0.2, 0.25) is 11.8 Å². The lowest BCUT2D eigenvalue weighted by Crippen LogP contribution is -2.33. The summed E-state index contributed by atoms with van der Waals surface area (Å²) in [5.41, 5.74) is 0. The number of carbonyl (C=O) groups is 1. The molecule has 17 heavy (non-hydrogen) atoms. The maximum Gasteiger partial charge on any atom is 0.249 e. The highest BCUT2D eigenvalue weighted by atomic mass is 32.2. The highest BCUT2D eigenvalue weighted by Gasteiger charge is 2.23. The Kier molecular flexibility index (Phi) is 4.38. The number of amides is 1. The number of nitrogens with zero attached hydrogens (tertiary/aromatic N) is 2. The summed E-state index contributed by atoms with van der Waals surface area (Å²) in [4.78, 5) is 15.8. The zero-order valence-electron chi connectivity index (χ0n) is 9.64. The third-order valence-corrected chi connectivity index (χ3v) is 2.97. The first kappa shape index (κ1) is 12.4. The second kappa shape index (κ2) is 6.02. The molecule has 1 aliphatic rings. The van der Waals surface area contributed by atoms with Crippen molar-refractivity contribution in [2.45, 2.75) is 31.2 Å². The molecule has 1 aromatic heterocycles. The van der Waals surface area contributed by atoms with Crippen LogP contribution in [0.3, 0.4) is 0 Å². The number of rotatable bonds is 5. The van der Waals surface area contributed by atoms with Gasteiger partial charge in [0.15, 0.2) is 5.82 Å². The van der Waals surface area contributed by atoms with Gasteiger partial charge in [-0.15, -0.1) is 0 Å². The summed E-state index contributed by atoms with van der Waals surface area (Å²) in [7, 11) is 0. The third kappa shape index (κ3) is 3.44. The first-order valence-corrected chi connectivity index (χ1v) is 6.88. The molecule has 2 rings (SSSR count). The summed E-state index contributed by atoms with van der Waals surface area (Å²) in [6.45, 7) is 0.927. The molecular weight excluding hydrogens is 242 g/mol. The SMILES string of the molecule is CSCc1noc(CNC(=O)[C@H]2CCCO2)n1. The van der Waals surface area contributed by atoms with E-state index < -0.39 is 0 Å². The topological polar surface area (TPSA) is 77.2 Å². The van der Waals surface area contributed by atoms with Crippen molar-refractivity contribution in [2.75, 3.05) is 12.9 Å². The van der Waals surface area contributed by atoms with Crippen molar-refractivity contribution in [3.63, 3.8) is 0 Å². The lowest BCUT2D eigenvalue weighted by Gasteiger charge is -2.07. The minimum atomic E-state index is -0.316. The molecule has 6 nitrogen and oxygen atoms in total. The Morgan fingerprint density at radius 3 is 3.24 bits per heavy atom. The molecular formula is C10H15N3O3S. The van der Waals surface area contributed by atoms with Crippen LogP contribution in [0.5, 0.6) is 0 Å². The normalized spacial score (nSPS) is 19.5. The van der Waals surface area contributed by atoms with Crippen LogP contribution in [0, 0.1) is 0 Å². The van der Waals surface area contributed by atoms with E-state index >= 15 is 0 Å². The van der Waals surface area contributed by atoms with Crippen molar-refractivity contribution in [1.82, 2.24) is 15.5 Å². The molecule has 94 valence electrons. The van der Waals surface area contributed by atoms with Gasteiger partial charge in [0.05, 0.1) is 12.3 Å². The zero-order valence-corrected chi connectivity index (χ0v) is 10.5. The van der Waals surface area contributed by atoms with Crippen molar-refractivity contribution in [1.29, 1.82) is 0 Å². The molecule has 1 N–H and O–H groups in total. The van der Waals surface area contributed by atoms with Crippen LogP contribution in [-0.4, -0.2) is 35.0 Å². The molecule has 0 saturated carbocycles. The number of ether oxygens (including phenoxy) is 1. The van der Waals surface area contributed by atoms with E-state index in [1.54, 1.807) is 11.8 Å². The van der Waals surface area contributed by atoms with Crippen molar-refractivity contribution in [2.24, 2.45) is 0 Å². The molecule has 1 fully saturated rings. The van der Waals surface area contributed by atoms with Gasteiger partial charge in [-0.3, -0.25) is 4.79 Å². The second-order valence-electron chi connectivity index (χ2n) is 3.76. The first-order valence-electron chi connectivity index (χ1n) is 5.49. The molecule has 0 spiro atoms. The molecule has 0 radical (unpaired) electrons. The smallest absolute Gasteiger partial charge is 0.249 e. The number of hydrogen-bond acceptors (Lipinski definition) is 6. The minimum absolute atomic E-state index is 0.105. The van der Waals surface area contributed by atoms with E-state index in [9.17, 15) is 4.79 Å². The standard InChI is InChI=1S/C10H15N3O3S/c1-17-6-8-12-9(16-13-8)5-11-10(14)7-3-2-4-15-7/h7H,2-6H2,1H3,(H,11,14)/t7-/m1/s1. The Labute approximate surface area is 103 Å². The summed E-state index contributed by atoms with van der Waals surface area (Å²) in [6.07, 6.45) is 3.38. The lowest BCUT2D eigenvalue weighted by atomic mass is 10.2. The van der Waals surface area contributed by atoms with Crippen LogP contribution in [0.25, 0.3) is 0 Å². The van der Waals surface area contributed by atoms with E-state index in [1.807, 2.05) is 6.26 Å². The van der Waals surface area contributed by atoms with Gasteiger partial charge in [-0.1, -0.05) is 5.16 Å². The van der Waals surface area contributed by atoms with E-state index in [0.717, 1.165) is 12.8 Å². The van der Waals surface area contributed by atoms with Crippen LogP contribution in [0.15, 0.2) is 4.52 Å². The molecule has 1 aliphatic heterocycles. The number of thioether (sulfide) groups is 1. The summed E-state index contributed by atoms with van der Waals surface area (Å²) in [5.74, 6) is 1.69. The summed E-state index contributed by atoms with van der Waals surface area (Å²) in [5, 5.41) is 6.52. The molecule has 7 heteroatoms. The van der Waals surface area contributed by atoms with Crippen LogP contribution < -0.4 is 5.32 Å². The van der Waals surface area contributed by atoms with Crippen LogP contribution >= 0.6 is 11.8 Å². The van der Waals surface area contributed by atoms with Gasteiger partial charge in [0.1, 0.15) is 6.10 Å². The fourth-order valence-corrected chi connectivity index (χ4v) is 1.99. The first-order chi connectivity index (χ1) is 8.29. The van der Waals surface area contributed by atoms with Crippen molar-refractivity contribution in [3.8, 4) is 0 Å². The quantitative estimate of drug-likeness (QED) is 0.838. The predicted octanol–water partition coefficient (Wildman–Crippen LogP) is 0.728. The van der Waals surface area contributed by atoms with Gasteiger partial charge in [-0.25, -0.2) is 0 Å². The van der Waals surface area contributed by atoms with Gasteiger partial charge >= 0.3 is 0 Å². The van der Waals surface area contributed by atoms with E-state index in [0.29, 0.717) is 24.1 Å². The summed E-state index contributed by atoms with van der Waals surface area (Å²) in [6, 6.07) is 0. The molecule has 1 aromatic rings. The van der Waals surface area contributed by atoms with Crippen molar-refractivity contribution >= 4 is 17.7 Å². The van der Waals surface area contributed by atoms with E-state index in [2.05, 4.69) is 15.5 Å². The number of nitrogens with one attached hydrogen (secondary N) is 1. The van der Waals surface area contributed by atoms with Crippen molar-refractivity contribution < 1.29 is 14.1 Å². The molecule has 1 atom stereocenters. The third-order valence-electron chi connectivity index (χ3n) is 2.42. The Hall–Kier alpha value is -1.08. The van der Waals surface area contributed by atoms with E-state index in [4.69, 9.17) is 9.26 Å². The number of hydrogen-bond donors (Lipinski definition) is 1. The maximum atomic E-state index is 11.6. The Balaban J connectivity index is 1.78. The fourth-order valence-electron chi connectivity index (χ4n) is 1.61. The van der Waals surface area contributed by atoms with E-state index in [1.165, 1.54) is 0 Å². The Morgan fingerprint density at radius 1 is 1.65 bits per heavy atom. The summed E-state index contributed by atoms with van der Waals surface area (Å²) < 4.78 is 10.3. The monoisotopic (exact) mass is 257 g/mol. The number of carbonyl (C=O) groups excluding carboxylic acids is 1. The lowest BCUT2D eigenvalue weighted by molar-refractivity contribution is -0.130. The van der Waals surface area contributed by atoms with Gasteiger partial charge in [0.25, 0.3) is 0 Å². The molecule has 0 aromatic carbocycles. The highest BCUT2D eigenvalue weighted by molar-refractivity contribution is 7.97. The number of aromatic nitrogens is 2. The van der Waals surface area contributed by atoms with Crippen molar-refractivity contribution in [3.05, 3.63) is 11.7 Å². The van der Waals surface area contributed by atoms with Gasteiger partial charge in [-0.2, -0.15) is 16.7 Å². The van der Waals surface area contributed by atoms with E-state index in [-0.39, 0.29) is 18.6 Å². The average molecular weight is 257 g/mol. The minimum Gasteiger partial charge on any atom is -0.368 e. The van der Waals surface area contributed by atoms with Crippen LogP contribution in [0.1, 0.15) is 24.6 Å². The second-order valence-corrected chi connectivity index (χ2v) is 4.62. The Bertz CT molecular complexity index is 377. The molecule has 0 unspecified atom stereocenters. The van der Waals surface area contributed by atoms with Crippen LogP contribution in [0.2, 0.25) is 0 Å². The van der Waals surface area contributed by atoms with Gasteiger partial charge in [0, 0.05) is 6.61 Å². The molecule has 2 heterocycles. The molecule has 1 amide bonds. The van der Waals surface area contributed by atoms with Crippen LogP contribution in [-0.2, 0) is 21.8 Å². The molecule has 0 bridgehead atoms. The zero-order chi connectivity index (χ0) is 12.1. The predicted molar refractivity (Wildman–Crippen MR) is 62.3 cm³/mol. The van der Waals surface area contributed by atoms with Crippen LogP contribution in [0.4, 0.5) is 0 Å². The Morgan fingerprint density at radius 2 is 2.53 bits per heavy atom. The molecule has 1 saturated heterocycles. The summed E-state index contributed by atoms with van der Waals surface area (Å²) >= 11 is 1.62.